The van der Waals surface area contributed by atoms with Gasteiger partial charge >= 0.3 is 0 Å². The van der Waals surface area contributed by atoms with Crippen LogP contribution in [0.3, 0.4) is 0 Å². The third-order valence-electron chi connectivity index (χ3n) is 3.75. The maximum atomic E-state index is 11.6. The molecule has 3 rings (SSSR count). The van der Waals surface area contributed by atoms with Crippen molar-refractivity contribution in [2.75, 3.05) is 11.6 Å². The number of benzene rings is 2. The molecule has 7 nitrogen and oxygen atoms in total. The van der Waals surface area contributed by atoms with Gasteiger partial charge in [0.05, 0.1) is 22.0 Å². The van der Waals surface area contributed by atoms with Crippen LogP contribution in [-0.4, -0.2) is 30.9 Å². The largest absolute Gasteiger partial charge is 0.327 e. The summed E-state index contributed by atoms with van der Waals surface area (Å²) in [7, 11) is -3.30. The van der Waals surface area contributed by atoms with Crippen molar-refractivity contribution >= 4 is 21.9 Å². The molecule has 0 spiro atoms. The molecule has 1 N–H and O–H groups in total. The molecule has 2 aromatic carbocycles. The third kappa shape index (κ3) is 3.34. The highest BCUT2D eigenvalue weighted by molar-refractivity contribution is 7.90. The molecule has 0 saturated heterocycles. The van der Waals surface area contributed by atoms with Crippen molar-refractivity contribution in [2.45, 2.75) is 4.90 Å². The Hall–Kier alpha value is -3.44. The van der Waals surface area contributed by atoms with E-state index in [1.165, 1.54) is 12.1 Å². The van der Waals surface area contributed by atoms with Crippen LogP contribution >= 0.6 is 0 Å². The highest BCUT2D eigenvalue weighted by Crippen LogP contribution is 2.28. The summed E-state index contributed by atoms with van der Waals surface area (Å²) in [5.74, 6) is 0. The van der Waals surface area contributed by atoms with Gasteiger partial charge < -0.3 is 5.32 Å². The summed E-state index contributed by atoms with van der Waals surface area (Å²) in [5, 5.41) is 16.1. The summed E-state index contributed by atoms with van der Waals surface area (Å²) in [6, 6.07) is 16.9. The fraction of sp³-hybridized carbons (Fsp3) is 0.0556. The second-order valence-corrected chi connectivity index (χ2v) is 7.53. The molecule has 1 aromatic heterocycles. The van der Waals surface area contributed by atoms with Gasteiger partial charge in [-0.15, -0.1) is 0 Å². The number of rotatable bonds is 5. The number of aromatic nitrogens is 2. The first-order chi connectivity index (χ1) is 12.4. The fourth-order valence-electron chi connectivity index (χ4n) is 2.54. The Kier molecular flexibility index (Phi) is 4.56. The topological polar surface area (TPSA) is 105 Å². The predicted molar refractivity (Wildman–Crippen MR) is 96.5 cm³/mol. The number of carbonyl (C=O) groups is 1. The summed E-state index contributed by atoms with van der Waals surface area (Å²) in [5.41, 5.74) is 2.61. The lowest BCUT2D eigenvalue weighted by Crippen LogP contribution is -2.05. The summed E-state index contributed by atoms with van der Waals surface area (Å²) < 4.78 is 24.8. The Labute approximate surface area is 150 Å². The number of hydrogen-bond donors (Lipinski definition) is 1. The van der Waals surface area contributed by atoms with Gasteiger partial charge in [-0.25, -0.2) is 13.1 Å². The van der Waals surface area contributed by atoms with Crippen LogP contribution in [0.4, 0.5) is 5.69 Å². The average Bonchev–Trinajstić information content (AvgIpc) is 3.06. The molecule has 0 saturated carbocycles. The second-order valence-electron chi connectivity index (χ2n) is 5.51. The van der Waals surface area contributed by atoms with E-state index in [1.54, 1.807) is 47.1 Å². The number of nitrogens with one attached hydrogen (secondary N) is 1. The van der Waals surface area contributed by atoms with Crippen molar-refractivity contribution in [3.8, 4) is 23.0 Å². The van der Waals surface area contributed by atoms with E-state index in [-0.39, 0.29) is 10.6 Å². The van der Waals surface area contributed by atoms with Gasteiger partial charge in [-0.3, -0.25) is 4.79 Å². The van der Waals surface area contributed by atoms with Gasteiger partial charge in [0.2, 0.25) is 6.41 Å². The molecule has 0 aliphatic carbocycles. The number of nitriles is 1. The van der Waals surface area contributed by atoms with Gasteiger partial charge in [-0.1, -0.05) is 24.3 Å². The summed E-state index contributed by atoms with van der Waals surface area (Å²) >= 11 is 0. The number of hydrogen-bond acceptors (Lipinski definition) is 5. The van der Waals surface area contributed by atoms with Crippen LogP contribution in [0.25, 0.3) is 16.9 Å². The molecular weight excluding hydrogens is 352 g/mol. The standard InChI is InChI=1S/C18H14N4O3S/c1-26(24,25)15-8-6-13(7-9-15)18-10-14(11-19)21-22(18)17-5-3-2-4-16(17)20-12-23/h2-10,12H,1H3,(H,20,23). The van der Waals surface area contributed by atoms with Crippen molar-refractivity contribution in [3.05, 3.63) is 60.3 Å². The maximum Gasteiger partial charge on any atom is 0.211 e. The van der Waals surface area contributed by atoms with Crippen LogP contribution in [0.5, 0.6) is 0 Å². The lowest BCUT2D eigenvalue weighted by atomic mass is 10.1. The zero-order chi connectivity index (χ0) is 18.7. The van der Waals surface area contributed by atoms with Crippen molar-refractivity contribution in [1.82, 2.24) is 9.78 Å². The van der Waals surface area contributed by atoms with Crippen molar-refractivity contribution in [1.29, 1.82) is 5.26 Å². The zero-order valence-electron chi connectivity index (χ0n) is 13.7. The summed E-state index contributed by atoms with van der Waals surface area (Å²) in [4.78, 5) is 11.1. The normalized spacial score (nSPS) is 10.9. The SMILES string of the molecule is CS(=O)(=O)c1ccc(-c2cc(C#N)nn2-c2ccccc2NC=O)cc1. The van der Waals surface area contributed by atoms with Crippen LogP contribution in [-0.2, 0) is 14.6 Å². The van der Waals surface area contributed by atoms with E-state index >= 15 is 0 Å². The number of carbonyl (C=O) groups excluding carboxylic acids is 1. The molecule has 0 radical (unpaired) electrons. The number of para-hydroxylation sites is 2. The Bertz CT molecular complexity index is 1110. The molecule has 1 heterocycles. The van der Waals surface area contributed by atoms with E-state index < -0.39 is 9.84 Å². The van der Waals surface area contributed by atoms with Gasteiger partial charge in [0.25, 0.3) is 0 Å². The first-order valence-corrected chi connectivity index (χ1v) is 9.43. The quantitative estimate of drug-likeness (QED) is 0.698. The highest BCUT2D eigenvalue weighted by atomic mass is 32.2. The molecule has 0 aliphatic heterocycles. The van der Waals surface area contributed by atoms with Crippen LogP contribution in [0.1, 0.15) is 5.69 Å². The Morgan fingerprint density at radius 2 is 1.85 bits per heavy atom. The lowest BCUT2D eigenvalue weighted by Gasteiger charge is -2.12. The van der Waals surface area contributed by atoms with Gasteiger partial charge in [-0.2, -0.15) is 10.4 Å². The zero-order valence-corrected chi connectivity index (χ0v) is 14.6. The molecule has 0 fully saturated rings. The van der Waals surface area contributed by atoms with Crippen LogP contribution < -0.4 is 5.32 Å². The predicted octanol–water partition coefficient (Wildman–Crippen LogP) is 2.38. The lowest BCUT2D eigenvalue weighted by molar-refractivity contribution is -0.105. The summed E-state index contributed by atoms with van der Waals surface area (Å²) in [6.45, 7) is 0. The highest BCUT2D eigenvalue weighted by Gasteiger charge is 2.15. The molecule has 130 valence electrons. The van der Waals surface area contributed by atoms with E-state index in [0.717, 1.165) is 6.26 Å². The minimum absolute atomic E-state index is 0.202. The number of anilines is 1. The Morgan fingerprint density at radius 3 is 2.46 bits per heavy atom. The van der Waals surface area contributed by atoms with E-state index in [2.05, 4.69) is 10.4 Å². The van der Waals surface area contributed by atoms with Gasteiger partial charge in [0.15, 0.2) is 15.5 Å². The fourth-order valence-corrected chi connectivity index (χ4v) is 3.17. The van der Waals surface area contributed by atoms with Crippen LogP contribution in [0.2, 0.25) is 0 Å². The Morgan fingerprint density at radius 1 is 1.15 bits per heavy atom. The monoisotopic (exact) mass is 366 g/mol. The molecule has 8 heteroatoms. The number of sulfone groups is 1. The first kappa shape index (κ1) is 17.4. The van der Waals surface area contributed by atoms with E-state index in [4.69, 9.17) is 0 Å². The average molecular weight is 366 g/mol. The minimum Gasteiger partial charge on any atom is -0.327 e. The Balaban J connectivity index is 2.17. The van der Waals surface area contributed by atoms with Gasteiger partial charge in [-0.05, 0) is 24.3 Å². The van der Waals surface area contributed by atoms with Gasteiger partial charge in [0, 0.05) is 17.9 Å². The second kappa shape index (κ2) is 6.82. The summed E-state index contributed by atoms with van der Waals surface area (Å²) in [6.07, 6.45) is 1.70. The minimum atomic E-state index is -3.30. The maximum absolute atomic E-state index is 11.6. The number of amides is 1. The molecule has 0 bridgehead atoms. The molecule has 0 aliphatic rings. The van der Waals surface area contributed by atoms with Gasteiger partial charge in [0.1, 0.15) is 6.07 Å². The van der Waals surface area contributed by atoms with Crippen molar-refractivity contribution < 1.29 is 13.2 Å². The molecular formula is C18H14N4O3S. The van der Waals surface area contributed by atoms with Crippen molar-refractivity contribution in [3.63, 3.8) is 0 Å². The smallest absolute Gasteiger partial charge is 0.211 e. The van der Waals surface area contributed by atoms with Crippen molar-refractivity contribution in [2.24, 2.45) is 0 Å². The molecule has 0 atom stereocenters. The number of nitrogens with zero attached hydrogens (tertiary/aromatic N) is 3. The van der Waals surface area contributed by atoms with E-state index in [1.807, 2.05) is 6.07 Å². The third-order valence-corrected chi connectivity index (χ3v) is 4.88. The molecule has 1 amide bonds. The molecule has 26 heavy (non-hydrogen) atoms. The molecule has 3 aromatic rings. The molecule has 0 unspecified atom stereocenters. The first-order valence-electron chi connectivity index (χ1n) is 7.54. The van der Waals surface area contributed by atoms with Crippen LogP contribution in [0, 0.1) is 11.3 Å². The van der Waals surface area contributed by atoms with Crippen LogP contribution in [0.15, 0.2) is 59.5 Å². The van der Waals surface area contributed by atoms with E-state index in [9.17, 15) is 18.5 Å². The van der Waals surface area contributed by atoms with E-state index in [0.29, 0.717) is 29.0 Å².